The number of pyridine rings is 1. The van der Waals surface area contributed by atoms with Gasteiger partial charge < -0.3 is 9.67 Å². The minimum atomic E-state index is -0.650. The van der Waals surface area contributed by atoms with E-state index in [9.17, 15) is 5.11 Å². The third-order valence-electron chi connectivity index (χ3n) is 6.34. The Hall–Kier alpha value is -2.68. The molecule has 0 radical (unpaired) electrons. The molecule has 1 aromatic carbocycles. The van der Waals surface area contributed by atoms with Crippen LogP contribution in [0, 0.1) is 18.3 Å². The summed E-state index contributed by atoms with van der Waals surface area (Å²) in [5.74, 6) is 0. The molecule has 142 valence electrons. The zero-order chi connectivity index (χ0) is 19.3. The molecule has 2 aliphatic heterocycles. The van der Waals surface area contributed by atoms with Crippen LogP contribution >= 0.6 is 0 Å². The first-order valence-corrected chi connectivity index (χ1v) is 10.1. The second-order valence-electron chi connectivity index (χ2n) is 8.04. The van der Waals surface area contributed by atoms with Gasteiger partial charge in [0.25, 0.3) is 0 Å². The van der Waals surface area contributed by atoms with Gasteiger partial charge in [0.1, 0.15) is 11.8 Å². The summed E-state index contributed by atoms with van der Waals surface area (Å²) in [6.45, 7) is 4.95. The molecular formula is C23H24N4O. The Labute approximate surface area is 164 Å². The van der Waals surface area contributed by atoms with Gasteiger partial charge >= 0.3 is 0 Å². The van der Waals surface area contributed by atoms with Gasteiger partial charge in [0.15, 0.2) is 0 Å². The lowest BCUT2D eigenvalue weighted by Crippen LogP contribution is -2.31. The summed E-state index contributed by atoms with van der Waals surface area (Å²) in [5, 5.41) is 21.2. The highest BCUT2D eigenvalue weighted by atomic mass is 16.3. The van der Waals surface area contributed by atoms with Crippen LogP contribution in [-0.2, 0) is 13.0 Å². The highest BCUT2D eigenvalue weighted by Crippen LogP contribution is 2.43. The summed E-state index contributed by atoms with van der Waals surface area (Å²) < 4.78 is 2.32. The van der Waals surface area contributed by atoms with E-state index in [0.29, 0.717) is 18.3 Å². The van der Waals surface area contributed by atoms with Gasteiger partial charge in [0.05, 0.1) is 12.6 Å². The lowest BCUT2D eigenvalue weighted by atomic mass is 9.95. The normalized spacial score (nSPS) is 20.0. The fraction of sp³-hybridized carbons (Fsp3) is 0.391. The fourth-order valence-electron chi connectivity index (χ4n) is 5.01. The molecule has 0 aliphatic carbocycles. The van der Waals surface area contributed by atoms with Gasteiger partial charge in [-0.2, -0.15) is 5.26 Å². The van der Waals surface area contributed by atoms with Gasteiger partial charge in [-0.25, -0.2) is 4.98 Å². The van der Waals surface area contributed by atoms with Crippen LogP contribution in [0.4, 0.5) is 0 Å². The van der Waals surface area contributed by atoms with Crippen molar-refractivity contribution in [2.75, 3.05) is 13.1 Å². The van der Waals surface area contributed by atoms with Crippen molar-refractivity contribution in [3.8, 4) is 6.07 Å². The summed E-state index contributed by atoms with van der Waals surface area (Å²) in [6, 6.07) is 12.7. The Balaban J connectivity index is 1.58. The number of hydrogen-bond acceptors (Lipinski definition) is 4. The van der Waals surface area contributed by atoms with Crippen molar-refractivity contribution >= 4 is 10.9 Å². The van der Waals surface area contributed by atoms with Crippen molar-refractivity contribution < 1.29 is 5.11 Å². The zero-order valence-electron chi connectivity index (χ0n) is 16.1. The molecule has 3 aromatic rings. The van der Waals surface area contributed by atoms with Crippen molar-refractivity contribution in [3.63, 3.8) is 0 Å². The highest BCUT2D eigenvalue weighted by molar-refractivity contribution is 5.87. The molecule has 2 aromatic heterocycles. The van der Waals surface area contributed by atoms with E-state index in [1.54, 1.807) is 18.3 Å². The van der Waals surface area contributed by atoms with E-state index >= 15 is 0 Å². The average Bonchev–Trinajstić information content (AvgIpc) is 3.30. The van der Waals surface area contributed by atoms with Gasteiger partial charge in [-0.3, -0.25) is 4.90 Å². The van der Waals surface area contributed by atoms with Crippen LogP contribution in [0.25, 0.3) is 10.9 Å². The maximum atomic E-state index is 10.9. The Morgan fingerprint density at radius 2 is 2.18 bits per heavy atom. The molecule has 4 heterocycles. The lowest BCUT2D eigenvalue weighted by Gasteiger charge is -2.31. The second kappa shape index (κ2) is 6.73. The Bertz CT molecular complexity index is 1080. The number of nitriles is 1. The molecule has 5 rings (SSSR count). The predicted octanol–water partition coefficient (Wildman–Crippen LogP) is 3.64. The van der Waals surface area contributed by atoms with Crippen molar-refractivity contribution in [1.82, 2.24) is 14.5 Å². The number of hydrogen-bond donors (Lipinski definition) is 1. The van der Waals surface area contributed by atoms with Crippen LogP contribution < -0.4 is 0 Å². The number of fused-ring (bicyclic) bond motifs is 5. The van der Waals surface area contributed by atoms with E-state index in [4.69, 9.17) is 5.26 Å². The Morgan fingerprint density at radius 1 is 1.29 bits per heavy atom. The first-order chi connectivity index (χ1) is 13.7. The maximum Gasteiger partial charge on any atom is 0.140 e. The number of aromatic nitrogens is 2. The molecule has 5 heteroatoms. The van der Waals surface area contributed by atoms with Gasteiger partial charge in [0, 0.05) is 47.4 Å². The molecule has 1 N–H and O–H groups in total. The first kappa shape index (κ1) is 17.4. The number of aliphatic hydroxyl groups is 1. The van der Waals surface area contributed by atoms with E-state index in [0.717, 1.165) is 18.5 Å². The van der Waals surface area contributed by atoms with E-state index < -0.39 is 6.10 Å². The summed E-state index contributed by atoms with van der Waals surface area (Å²) in [7, 11) is 0. The van der Waals surface area contributed by atoms with Crippen LogP contribution in [0.15, 0.2) is 36.5 Å². The fourth-order valence-corrected chi connectivity index (χ4v) is 5.01. The summed E-state index contributed by atoms with van der Waals surface area (Å²) in [5.41, 5.74) is 6.47. The molecule has 0 bridgehead atoms. The molecule has 28 heavy (non-hydrogen) atoms. The molecule has 1 fully saturated rings. The number of nitrogens with zero attached hydrogens (tertiary/aromatic N) is 4. The largest absolute Gasteiger partial charge is 0.386 e. The third kappa shape index (κ3) is 2.72. The van der Waals surface area contributed by atoms with Gasteiger partial charge in [-0.15, -0.1) is 0 Å². The molecule has 0 saturated carbocycles. The number of rotatable bonds is 3. The van der Waals surface area contributed by atoms with Crippen LogP contribution in [0.1, 0.15) is 53.1 Å². The van der Waals surface area contributed by atoms with Crippen molar-refractivity contribution in [3.05, 3.63) is 64.6 Å². The summed E-state index contributed by atoms with van der Waals surface area (Å²) >= 11 is 0. The molecule has 2 atom stereocenters. The SMILES string of the molecule is Cc1ccc2c(c1)c1c(n2CC(O)c2ccc(C#N)nc2)CCN2CCCC12. The van der Waals surface area contributed by atoms with E-state index in [1.807, 2.05) is 6.07 Å². The molecule has 2 aliphatic rings. The van der Waals surface area contributed by atoms with Crippen LogP contribution in [0.2, 0.25) is 0 Å². The molecule has 1 saturated heterocycles. The third-order valence-corrected chi connectivity index (χ3v) is 6.34. The van der Waals surface area contributed by atoms with Crippen LogP contribution in [-0.4, -0.2) is 32.6 Å². The van der Waals surface area contributed by atoms with E-state index in [-0.39, 0.29) is 0 Å². The van der Waals surface area contributed by atoms with E-state index in [1.165, 1.54) is 47.1 Å². The number of benzene rings is 1. The smallest absolute Gasteiger partial charge is 0.140 e. The minimum absolute atomic E-state index is 0.372. The Kier molecular flexibility index (Phi) is 4.19. The summed E-state index contributed by atoms with van der Waals surface area (Å²) in [4.78, 5) is 6.74. The lowest BCUT2D eigenvalue weighted by molar-refractivity contribution is 0.155. The maximum absolute atomic E-state index is 10.9. The first-order valence-electron chi connectivity index (χ1n) is 10.1. The molecule has 0 amide bonds. The number of aliphatic hydroxyl groups excluding tert-OH is 1. The van der Waals surface area contributed by atoms with Gasteiger partial charge in [-0.1, -0.05) is 17.7 Å². The van der Waals surface area contributed by atoms with Crippen LogP contribution in [0.5, 0.6) is 0 Å². The molecule has 5 nitrogen and oxygen atoms in total. The van der Waals surface area contributed by atoms with E-state index in [2.05, 4.69) is 39.6 Å². The van der Waals surface area contributed by atoms with Crippen LogP contribution in [0.3, 0.4) is 0 Å². The molecule has 2 unspecified atom stereocenters. The van der Waals surface area contributed by atoms with Gasteiger partial charge in [-0.05, 0) is 50.1 Å². The number of aryl methyl sites for hydroxylation is 1. The van der Waals surface area contributed by atoms with Crippen molar-refractivity contribution in [2.24, 2.45) is 0 Å². The predicted molar refractivity (Wildman–Crippen MR) is 108 cm³/mol. The van der Waals surface area contributed by atoms with Crippen molar-refractivity contribution in [1.29, 1.82) is 5.26 Å². The Morgan fingerprint density at radius 3 is 2.96 bits per heavy atom. The van der Waals surface area contributed by atoms with Gasteiger partial charge in [0.2, 0.25) is 0 Å². The quantitative estimate of drug-likeness (QED) is 0.762. The average molecular weight is 372 g/mol. The van der Waals surface area contributed by atoms with Crippen molar-refractivity contribution in [2.45, 2.75) is 44.9 Å². The molecular weight excluding hydrogens is 348 g/mol. The summed E-state index contributed by atoms with van der Waals surface area (Å²) in [6.07, 6.45) is 4.48. The molecule has 0 spiro atoms. The second-order valence-corrected chi connectivity index (χ2v) is 8.04. The standard InChI is InChI=1S/C23H24N4O/c1-15-4-7-19-18(11-15)23-20-3-2-9-26(20)10-8-21(23)27(19)14-22(28)16-5-6-17(12-24)25-13-16/h4-7,11,13,20,22,28H,2-3,8-10,14H2,1H3. The highest BCUT2D eigenvalue weighted by Gasteiger charge is 2.35. The topological polar surface area (TPSA) is 65.1 Å². The monoisotopic (exact) mass is 372 g/mol. The zero-order valence-corrected chi connectivity index (χ0v) is 16.1. The minimum Gasteiger partial charge on any atom is -0.386 e.